The van der Waals surface area contributed by atoms with Crippen LogP contribution in [0.15, 0.2) is 0 Å². The van der Waals surface area contributed by atoms with E-state index >= 15 is 0 Å². The van der Waals surface area contributed by atoms with Crippen molar-refractivity contribution in [3.63, 3.8) is 0 Å². The van der Waals surface area contributed by atoms with Gasteiger partial charge >= 0.3 is 0 Å². The van der Waals surface area contributed by atoms with E-state index < -0.39 is 0 Å². The van der Waals surface area contributed by atoms with Crippen LogP contribution in [0, 0.1) is 0 Å². The molecule has 0 aliphatic heterocycles. The van der Waals surface area contributed by atoms with Crippen molar-refractivity contribution in [1.29, 1.82) is 0 Å². The summed E-state index contributed by atoms with van der Waals surface area (Å²) >= 11 is 0. The van der Waals surface area contributed by atoms with E-state index in [0.29, 0.717) is 6.42 Å². The van der Waals surface area contributed by atoms with Gasteiger partial charge in [0.05, 0.1) is 5.60 Å². The fourth-order valence-corrected chi connectivity index (χ4v) is 1.48. The summed E-state index contributed by atoms with van der Waals surface area (Å²) in [7, 11) is 1.70. The molecule has 1 rings (SSSR count). The van der Waals surface area contributed by atoms with Crippen LogP contribution < -0.4 is 0 Å². The molecule has 0 bridgehead atoms. The minimum absolute atomic E-state index is 0.0637. The van der Waals surface area contributed by atoms with E-state index in [0.717, 1.165) is 12.8 Å². The molecule has 2 nitrogen and oxygen atoms in total. The molecule has 2 heteroatoms. The molecule has 0 heterocycles. The first-order chi connectivity index (χ1) is 4.68. The molecule has 1 saturated carbocycles. The minimum atomic E-state index is -0.0637. The molecule has 0 N–H and O–H groups in total. The van der Waals surface area contributed by atoms with Crippen molar-refractivity contribution in [3.05, 3.63) is 0 Å². The maximum absolute atomic E-state index is 10.7. The summed E-state index contributed by atoms with van der Waals surface area (Å²) < 4.78 is 5.26. The summed E-state index contributed by atoms with van der Waals surface area (Å²) in [5.74, 6) is 0.238. The van der Waals surface area contributed by atoms with Crippen LogP contribution in [0.5, 0.6) is 0 Å². The number of carbonyl (C=O) groups excluding carboxylic acids is 1. The highest BCUT2D eigenvalue weighted by atomic mass is 16.5. The second kappa shape index (κ2) is 2.70. The first kappa shape index (κ1) is 7.73. The number of hydrogen-bond donors (Lipinski definition) is 0. The Bertz CT molecular complexity index is 131. The van der Waals surface area contributed by atoms with Crippen molar-refractivity contribution in [2.75, 3.05) is 7.11 Å². The van der Waals surface area contributed by atoms with Gasteiger partial charge in [0.25, 0.3) is 0 Å². The van der Waals surface area contributed by atoms with Gasteiger partial charge in [0, 0.05) is 13.5 Å². The number of carbonyl (C=O) groups is 1. The van der Waals surface area contributed by atoms with Gasteiger partial charge in [-0.15, -0.1) is 0 Å². The van der Waals surface area contributed by atoms with Crippen LogP contribution in [-0.4, -0.2) is 18.5 Å². The predicted molar refractivity (Wildman–Crippen MR) is 38.9 cm³/mol. The molecule has 10 heavy (non-hydrogen) atoms. The summed E-state index contributed by atoms with van der Waals surface area (Å²) in [6.45, 7) is 1.62. The predicted octanol–water partition coefficient (Wildman–Crippen LogP) is 1.53. The Morgan fingerprint density at radius 3 is 2.30 bits per heavy atom. The van der Waals surface area contributed by atoms with Crippen molar-refractivity contribution in [1.82, 2.24) is 0 Å². The molecule has 0 aromatic rings. The van der Waals surface area contributed by atoms with Crippen molar-refractivity contribution in [2.24, 2.45) is 0 Å². The summed E-state index contributed by atoms with van der Waals surface area (Å²) in [6, 6.07) is 0. The zero-order valence-corrected chi connectivity index (χ0v) is 6.64. The molecule has 0 saturated heterocycles. The number of hydrogen-bond acceptors (Lipinski definition) is 2. The maximum Gasteiger partial charge on any atom is 0.132 e. The first-order valence-electron chi connectivity index (χ1n) is 3.73. The number of rotatable bonds is 3. The van der Waals surface area contributed by atoms with Crippen LogP contribution in [-0.2, 0) is 9.53 Å². The highest BCUT2D eigenvalue weighted by Gasteiger charge is 2.37. The third-order valence-electron chi connectivity index (χ3n) is 2.27. The number of Topliss-reactive ketones (excluding diaryl/α,β-unsaturated/α-hetero) is 1. The lowest BCUT2D eigenvalue weighted by atomic mass is 9.77. The first-order valence-corrected chi connectivity index (χ1v) is 3.73. The quantitative estimate of drug-likeness (QED) is 0.597. The van der Waals surface area contributed by atoms with Gasteiger partial charge in [-0.25, -0.2) is 0 Å². The fraction of sp³-hybridized carbons (Fsp3) is 0.875. The molecule has 0 radical (unpaired) electrons. The lowest BCUT2D eigenvalue weighted by Gasteiger charge is -2.39. The van der Waals surface area contributed by atoms with E-state index in [1.165, 1.54) is 6.42 Å². The highest BCUT2D eigenvalue weighted by Crippen LogP contribution is 2.37. The molecule has 1 aliphatic carbocycles. The van der Waals surface area contributed by atoms with E-state index in [2.05, 4.69) is 0 Å². The average Bonchev–Trinajstić information content (AvgIpc) is 1.78. The van der Waals surface area contributed by atoms with Crippen LogP contribution in [0.2, 0.25) is 0 Å². The smallest absolute Gasteiger partial charge is 0.132 e. The zero-order chi connectivity index (χ0) is 7.61. The van der Waals surface area contributed by atoms with E-state index in [1.807, 2.05) is 0 Å². The van der Waals surface area contributed by atoms with Gasteiger partial charge in [0.2, 0.25) is 0 Å². The average molecular weight is 142 g/mol. The van der Waals surface area contributed by atoms with Crippen molar-refractivity contribution >= 4 is 5.78 Å². The van der Waals surface area contributed by atoms with Crippen LogP contribution in [0.3, 0.4) is 0 Å². The number of ketones is 1. The lowest BCUT2D eigenvalue weighted by Crippen LogP contribution is -2.40. The summed E-state index contributed by atoms with van der Waals surface area (Å²) in [5, 5.41) is 0. The molecule has 1 fully saturated rings. The van der Waals surface area contributed by atoms with Gasteiger partial charge < -0.3 is 4.74 Å². The molecule has 0 atom stereocenters. The molecule has 0 spiro atoms. The molecule has 0 aromatic heterocycles. The highest BCUT2D eigenvalue weighted by molar-refractivity contribution is 5.76. The molecule has 58 valence electrons. The van der Waals surface area contributed by atoms with Crippen LogP contribution in [0.25, 0.3) is 0 Å². The van der Waals surface area contributed by atoms with Gasteiger partial charge in [0.15, 0.2) is 0 Å². The molecule has 1 aliphatic rings. The molecular formula is C8H14O2. The van der Waals surface area contributed by atoms with E-state index in [-0.39, 0.29) is 11.4 Å². The van der Waals surface area contributed by atoms with Crippen LogP contribution in [0.1, 0.15) is 32.6 Å². The third-order valence-corrected chi connectivity index (χ3v) is 2.27. The minimum Gasteiger partial charge on any atom is -0.378 e. The molecule has 0 amide bonds. The zero-order valence-electron chi connectivity index (χ0n) is 6.64. The Labute approximate surface area is 61.6 Å². The van der Waals surface area contributed by atoms with Gasteiger partial charge in [-0.1, -0.05) is 0 Å². The normalized spacial score (nSPS) is 21.8. The Morgan fingerprint density at radius 2 is 2.20 bits per heavy atom. The Balaban J connectivity index is 2.40. The van der Waals surface area contributed by atoms with Gasteiger partial charge in [-0.2, -0.15) is 0 Å². The lowest BCUT2D eigenvalue weighted by molar-refractivity contribution is -0.130. The largest absolute Gasteiger partial charge is 0.378 e. The summed E-state index contributed by atoms with van der Waals surface area (Å²) in [6.07, 6.45) is 3.93. The molecule has 0 aromatic carbocycles. The van der Waals surface area contributed by atoms with Gasteiger partial charge in [-0.05, 0) is 26.2 Å². The standard InChI is InChI=1S/C8H14O2/c1-7(9)6-8(10-2)4-3-5-8/h3-6H2,1-2H3. The van der Waals surface area contributed by atoms with E-state index in [1.54, 1.807) is 14.0 Å². The van der Waals surface area contributed by atoms with Crippen molar-refractivity contribution < 1.29 is 9.53 Å². The van der Waals surface area contributed by atoms with Crippen LogP contribution in [0.4, 0.5) is 0 Å². The number of methoxy groups -OCH3 is 1. The summed E-state index contributed by atoms with van der Waals surface area (Å²) in [4.78, 5) is 10.7. The van der Waals surface area contributed by atoms with E-state index in [9.17, 15) is 4.79 Å². The van der Waals surface area contributed by atoms with Crippen molar-refractivity contribution in [2.45, 2.75) is 38.2 Å². The Kier molecular flexibility index (Phi) is 2.09. The van der Waals surface area contributed by atoms with Gasteiger partial charge in [-0.3, -0.25) is 4.79 Å². The van der Waals surface area contributed by atoms with E-state index in [4.69, 9.17) is 4.74 Å². The summed E-state index contributed by atoms with van der Waals surface area (Å²) in [5.41, 5.74) is -0.0637. The Morgan fingerprint density at radius 1 is 1.60 bits per heavy atom. The fourth-order valence-electron chi connectivity index (χ4n) is 1.48. The second-order valence-electron chi connectivity index (χ2n) is 3.12. The maximum atomic E-state index is 10.7. The third kappa shape index (κ3) is 1.37. The SMILES string of the molecule is COC1(CC(C)=O)CCC1. The number of ether oxygens (including phenoxy) is 1. The van der Waals surface area contributed by atoms with Crippen molar-refractivity contribution in [3.8, 4) is 0 Å². The molecule has 0 unspecified atom stereocenters. The topological polar surface area (TPSA) is 26.3 Å². The second-order valence-corrected chi connectivity index (χ2v) is 3.12. The van der Waals surface area contributed by atoms with Gasteiger partial charge in [0.1, 0.15) is 5.78 Å². The Hall–Kier alpha value is -0.370. The molecular weight excluding hydrogens is 128 g/mol. The van der Waals surface area contributed by atoms with Crippen LogP contribution >= 0.6 is 0 Å². The monoisotopic (exact) mass is 142 g/mol.